The number of alkyl halides is 6. The summed E-state index contributed by atoms with van der Waals surface area (Å²) in [6, 6.07) is 0. The summed E-state index contributed by atoms with van der Waals surface area (Å²) in [5.74, 6) is -1.47. The Morgan fingerprint density at radius 3 is 1.94 bits per heavy atom. The SMILES string of the molecule is CC1=C(C(F)(F)F)C(C(F)(F)F)=[C]C(=O)[N]1. The minimum Gasteiger partial charge on any atom is -0.267 e. The molecule has 1 aliphatic heterocycles. The van der Waals surface area contributed by atoms with E-state index in [1.54, 1.807) is 0 Å². The van der Waals surface area contributed by atoms with E-state index in [9.17, 15) is 31.1 Å². The van der Waals surface area contributed by atoms with Crippen LogP contribution in [-0.2, 0) is 4.79 Å². The maximum absolute atomic E-state index is 12.3. The van der Waals surface area contributed by atoms with Crippen LogP contribution in [0.4, 0.5) is 26.3 Å². The van der Waals surface area contributed by atoms with Crippen molar-refractivity contribution in [2.45, 2.75) is 19.3 Å². The maximum Gasteiger partial charge on any atom is 0.418 e. The molecular weight excluding hydrogens is 240 g/mol. The Bertz CT molecular complexity index is 386. The highest BCUT2D eigenvalue weighted by Gasteiger charge is 2.50. The maximum atomic E-state index is 12.3. The number of allylic oxidation sites excluding steroid dienone is 3. The summed E-state index contributed by atoms with van der Waals surface area (Å²) in [5, 5.41) is 2.78. The Morgan fingerprint density at radius 2 is 1.56 bits per heavy atom. The highest BCUT2D eigenvalue weighted by molar-refractivity contribution is 5.88. The van der Waals surface area contributed by atoms with Gasteiger partial charge >= 0.3 is 12.4 Å². The minimum atomic E-state index is -5.29. The second kappa shape index (κ2) is 3.53. The van der Waals surface area contributed by atoms with Gasteiger partial charge in [0.2, 0.25) is 0 Å². The summed E-state index contributed by atoms with van der Waals surface area (Å²) >= 11 is 0. The molecule has 0 aliphatic carbocycles. The van der Waals surface area contributed by atoms with E-state index in [-0.39, 0.29) is 0 Å². The Kier molecular flexibility index (Phi) is 2.78. The van der Waals surface area contributed by atoms with Crippen molar-refractivity contribution < 1.29 is 31.1 Å². The van der Waals surface area contributed by atoms with Crippen LogP contribution in [0.5, 0.6) is 0 Å². The predicted molar refractivity (Wildman–Crippen MR) is 38.7 cm³/mol. The highest BCUT2D eigenvalue weighted by atomic mass is 19.4. The van der Waals surface area contributed by atoms with Gasteiger partial charge in [0.05, 0.1) is 22.9 Å². The number of carbonyl (C=O) groups is 1. The number of hydrogen-bond donors (Lipinski definition) is 0. The Balaban J connectivity index is 3.37. The molecule has 2 radical (unpaired) electrons. The van der Waals surface area contributed by atoms with Crippen LogP contribution in [-0.4, -0.2) is 18.3 Å². The van der Waals surface area contributed by atoms with Gasteiger partial charge in [0.25, 0.3) is 5.91 Å². The molecule has 0 spiro atoms. The van der Waals surface area contributed by atoms with E-state index < -0.39 is 35.1 Å². The molecule has 16 heavy (non-hydrogen) atoms. The first-order valence-corrected chi connectivity index (χ1v) is 3.79. The van der Waals surface area contributed by atoms with E-state index >= 15 is 0 Å². The van der Waals surface area contributed by atoms with Gasteiger partial charge in [-0.25, -0.2) is 5.32 Å². The third-order valence-electron chi connectivity index (χ3n) is 1.68. The van der Waals surface area contributed by atoms with E-state index in [2.05, 4.69) is 5.32 Å². The van der Waals surface area contributed by atoms with Crippen molar-refractivity contribution in [3.63, 3.8) is 0 Å². The van der Waals surface area contributed by atoms with Crippen LogP contribution in [0.3, 0.4) is 0 Å². The lowest BCUT2D eigenvalue weighted by Crippen LogP contribution is -2.32. The van der Waals surface area contributed by atoms with E-state index in [1.165, 1.54) is 0 Å². The second-order valence-electron chi connectivity index (χ2n) is 2.87. The minimum absolute atomic E-state index is 0.688. The molecule has 0 aromatic rings. The molecule has 0 aromatic heterocycles. The highest BCUT2D eigenvalue weighted by Crippen LogP contribution is 2.42. The Hall–Kier alpha value is -1.47. The normalized spacial score (nSPS) is 18.4. The smallest absolute Gasteiger partial charge is 0.267 e. The van der Waals surface area contributed by atoms with E-state index in [0.29, 0.717) is 6.92 Å². The number of carbonyl (C=O) groups excluding carboxylic acids is 1. The zero-order chi connectivity index (χ0) is 12.7. The van der Waals surface area contributed by atoms with Gasteiger partial charge in [-0.15, -0.1) is 0 Å². The molecule has 0 bridgehead atoms. The molecule has 1 heterocycles. The number of amides is 1. The molecule has 2 nitrogen and oxygen atoms in total. The van der Waals surface area contributed by atoms with Crippen molar-refractivity contribution in [2.75, 3.05) is 0 Å². The fraction of sp³-hybridized carbons (Fsp3) is 0.375. The lowest BCUT2D eigenvalue weighted by molar-refractivity contribution is -0.126. The van der Waals surface area contributed by atoms with Crippen LogP contribution in [0.1, 0.15) is 6.92 Å². The number of hydrogen-bond acceptors (Lipinski definition) is 1. The summed E-state index contributed by atoms with van der Waals surface area (Å²) in [7, 11) is 0. The summed E-state index contributed by atoms with van der Waals surface area (Å²) in [5.41, 5.74) is -5.11. The van der Waals surface area contributed by atoms with Crippen molar-refractivity contribution >= 4 is 5.91 Å². The molecular formula is C8H3F6NO. The molecule has 1 amide bonds. The van der Waals surface area contributed by atoms with Crippen molar-refractivity contribution in [1.29, 1.82) is 0 Å². The van der Waals surface area contributed by atoms with Gasteiger partial charge < -0.3 is 0 Å². The Morgan fingerprint density at radius 1 is 1.06 bits per heavy atom. The largest absolute Gasteiger partial charge is 0.418 e. The van der Waals surface area contributed by atoms with Crippen LogP contribution >= 0.6 is 0 Å². The van der Waals surface area contributed by atoms with E-state index in [1.807, 2.05) is 0 Å². The summed E-state index contributed by atoms with van der Waals surface area (Å²) in [6.45, 7) is 0.688. The van der Waals surface area contributed by atoms with Crippen molar-refractivity contribution in [2.24, 2.45) is 0 Å². The lowest BCUT2D eigenvalue weighted by atomic mass is 9.99. The van der Waals surface area contributed by atoms with Crippen LogP contribution in [0.15, 0.2) is 16.8 Å². The molecule has 0 N–H and O–H groups in total. The molecule has 0 aromatic carbocycles. The topological polar surface area (TPSA) is 31.2 Å². The molecule has 1 rings (SSSR count). The van der Waals surface area contributed by atoms with Gasteiger partial charge in [0.15, 0.2) is 0 Å². The lowest BCUT2D eigenvalue weighted by Gasteiger charge is -2.22. The van der Waals surface area contributed by atoms with E-state index in [4.69, 9.17) is 0 Å². The van der Waals surface area contributed by atoms with E-state index in [0.717, 1.165) is 6.08 Å². The molecule has 8 heteroatoms. The molecule has 1 aliphatic rings. The number of halogens is 6. The van der Waals surface area contributed by atoms with Crippen LogP contribution < -0.4 is 5.32 Å². The van der Waals surface area contributed by atoms with Crippen LogP contribution in [0.2, 0.25) is 0 Å². The summed E-state index contributed by atoms with van der Waals surface area (Å²) in [4.78, 5) is 10.6. The van der Waals surface area contributed by atoms with Gasteiger partial charge in [-0.2, -0.15) is 26.3 Å². The standard InChI is InChI=1S/C8H3F6NO/c1-3-6(8(12,13)14)4(7(9,10)11)2-5(16)15-3/h1H3. The van der Waals surface area contributed by atoms with Gasteiger partial charge in [0.1, 0.15) is 0 Å². The van der Waals surface area contributed by atoms with Crippen molar-refractivity contribution in [3.05, 3.63) is 22.9 Å². The zero-order valence-corrected chi connectivity index (χ0v) is 7.62. The monoisotopic (exact) mass is 243 g/mol. The fourth-order valence-electron chi connectivity index (χ4n) is 1.15. The summed E-state index contributed by atoms with van der Waals surface area (Å²) < 4.78 is 73.6. The van der Waals surface area contributed by atoms with Gasteiger partial charge in [-0.05, 0) is 6.92 Å². The number of nitrogens with zero attached hydrogens (tertiary/aromatic N) is 1. The van der Waals surface area contributed by atoms with Gasteiger partial charge in [0, 0.05) is 0 Å². The van der Waals surface area contributed by atoms with Gasteiger partial charge in [-0.3, -0.25) is 4.79 Å². The molecule has 0 atom stereocenters. The average Bonchev–Trinajstić information content (AvgIpc) is 1.97. The summed E-state index contributed by atoms with van der Waals surface area (Å²) in [6.07, 6.45) is -9.47. The molecule has 88 valence electrons. The zero-order valence-electron chi connectivity index (χ0n) is 7.62. The number of rotatable bonds is 0. The van der Waals surface area contributed by atoms with Gasteiger partial charge in [-0.1, -0.05) is 0 Å². The molecule has 0 saturated heterocycles. The van der Waals surface area contributed by atoms with Crippen molar-refractivity contribution in [3.8, 4) is 0 Å². The Labute approximate surface area is 85.6 Å². The van der Waals surface area contributed by atoms with Crippen LogP contribution in [0, 0.1) is 6.08 Å². The predicted octanol–water partition coefficient (Wildman–Crippen LogP) is 2.26. The second-order valence-corrected chi connectivity index (χ2v) is 2.87. The third-order valence-corrected chi connectivity index (χ3v) is 1.68. The van der Waals surface area contributed by atoms with Crippen LogP contribution in [0.25, 0.3) is 0 Å². The first-order chi connectivity index (χ1) is 7.03. The first kappa shape index (κ1) is 12.6. The molecule has 0 fully saturated rings. The first-order valence-electron chi connectivity index (χ1n) is 3.79. The third kappa shape index (κ3) is 2.37. The molecule has 0 saturated carbocycles. The average molecular weight is 243 g/mol. The fourth-order valence-corrected chi connectivity index (χ4v) is 1.15. The van der Waals surface area contributed by atoms with Crippen molar-refractivity contribution in [1.82, 2.24) is 5.32 Å². The quantitative estimate of drug-likeness (QED) is 0.600. The molecule has 0 unspecified atom stereocenters.